The quantitative estimate of drug-likeness (QED) is 0.536. The van der Waals surface area contributed by atoms with Crippen molar-refractivity contribution < 1.29 is 27.5 Å². The molecule has 1 fully saturated rings. The summed E-state index contributed by atoms with van der Waals surface area (Å²) in [7, 11) is 3.25. The van der Waals surface area contributed by atoms with Gasteiger partial charge in [-0.05, 0) is 55.9 Å². The lowest BCUT2D eigenvalue weighted by Gasteiger charge is -2.32. The smallest absolute Gasteiger partial charge is 0.388 e. The van der Waals surface area contributed by atoms with Crippen molar-refractivity contribution in [3.05, 3.63) is 35.4 Å². The number of hydrogen-bond acceptors (Lipinski definition) is 3. The maximum Gasteiger partial charge on any atom is 0.471 e. The van der Waals surface area contributed by atoms with Gasteiger partial charge in [-0.3, -0.25) is 9.59 Å². The number of rotatable bonds is 5. The normalized spacial score (nSPS) is 19.4. The van der Waals surface area contributed by atoms with Gasteiger partial charge >= 0.3 is 12.1 Å². The fraction of sp³-hybridized carbons (Fsp3) is 0.667. The SMILES string of the molecule is CC(C)(C)C(CC[C@@H]1CN(C(=O)C(F)(F)F)C(C)(C)C1)c1ccc(C=O)cc1.COC. The van der Waals surface area contributed by atoms with Gasteiger partial charge in [0.2, 0.25) is 0 Å². The third kappa shape index (κ3) is 7.63. The van der Waals surface area contributed by atoms with Crippen LogP contribution in [0.15, 0.2) is 24.3 Å². The van der Waals surface area contributed by atoms with Crippen molar-refractivity contribution in [1.29, 1.82) is 0 Å². The van der Waals surface area contributed by atoms with Gasteiger partial charge in [0.1, 0.15) is 6.29 Å². The van der Waals surface area contributed by atoms with Crippen LogP contribution in [0.2, 0.25) is 0 Å². The van der Waals surface area contributed by atoms with Crippen LogP contribution in [0, 0.1) is 11.3 Å². The van der Waals surface area contributed by atoms with Gasteiger partial charge in [0.15, 0.2) is 0 Å². The first-order chi connectivity index (χ1) is 14.2. The molecule has 1 aliphatic heterocycles. The van der Waals surface area contributed by atoms with E-state index in [1.807, 2.05) is 12.1 Å². The second kappa shape index (κ2) is 10.6. The third-order valence-electron chi connectivity index (χ3n) is 5.83. The van der Waals surface area contributed by atoms with Crippen LogP contribution < -0.4 is 0 Å². The first-order valence-corrected chi connectivity index (χ1v) is 10.5. The average Bonchev–Trinajstić information content (AvgIpc) is 2.94. The average molecular weight is 444 g/mol. The summed E-state index contributed by atoms with van der Waals surface area (Å²) in [5.41, 5.74) is 0.923. The molecule has 1 unspecified atom stereocenters. The number of hydrogen-bond donors (Lipinski definition) is 0. The molecule has 0 aliphatic carbocycles. The van der Waals surface area contributed by atoms with E-state index in [0.29, 0.717) is 12.0 Å². The zero-order chi connectivity index (χ0) is 24.0. The van der Waals surface area contributed by atoms with Crippen molar-refractivity contribution in [2.45, 2.75) is 71.5 Å². The Kier molecular flexibility index (Phi) is 9.30. The van der Waals surface area contributed by atoms with Crippen molar-refractivity contribution in [3.8, 4) is 0 Å². The zero-order valence-corrected chi connectivity index (χ0v) is 19.7. The molecular weight excluding hydrogens is 407 g/mol. The molecule has 1 aromatic rings. The van der Waals surface area contributed by atoms with E-state index >= 15 is 0 Å². The molecule has 0 saturated carbocycles. The molecule has 0 radical (unpaired) electrons. The van der Waals surface area contributed by atoms with Gasteiger partial charge in [0.05, 0.1) is 0 Å². The molecule has 2 rings (SSSR count). The first-order valence-electron chi connectivity index (χ1n) is 10.5. The number of carbonyl (C=O) groups is 2. The minimum Gasteiger partial charge on any atom is -0.388 e. The zero-order valence-electron chi connectivity index (χ0n) is 19.7. The Labute approximate surface area is 184 Å². The summed E-state index contributed by atoms with van der Waals surface area (Å²) >= 11 is 0. The Morgan fingerprint density at radius 1 is 1.19 bits per heavy atom. The van der Waals surface area contributed by atoms with Crippen LogP contribution in [0.5, 0.6) is 0 Å². The second-order valence-electron chi connectivity index (χ2n) is 9.98. The van der Waals surface area contributed by atoms with Crippen LogP contribution in [-0.2, 0) is 9.53 Å². The summed E-state index contributed by atoms with van der Waals surface area (Å²) in [5.74, 6) is -1.49. The van der Waals surface area contributed by atoms with E-state index in [9.17, 15) is 22.8 Å². The van der Waals surface area contributed by atoms with Gasteiger partial charge in [-0.2, -0.15) is 13.2 Å². The van der Waals surface area contributed by atoms with Gasteiger partial charge in [-0.15, -0.1) is 0 Å². The summed E-state index contributed by atoms with van der Waals surface area (Å²) in [5, 5.41) is 0. The number of methoxy groups -OCH3 is 1. The Hall–Kier alpha value is -1.89. The van der Waals surface area contributed by atoms with Gasteiger partial charge in [-0.1, -0.05) is 45.0 Å². The largest absolute Gasteiger partial charge is 0.471 e. The molecule has 0 spiro atoms. The molecule has 1 aromatic carbocycles. The van der Waals surface area contributed by atoms with Crippen molar-refractivity contribution in [2.75, 3.05) is 20.8 Å². The lowest BCUT2D eigenvalue weighted by molar-refractivity contribution is -0.188. The maximum atomic E-state index is 12.9. The van der Waals surface area contributed by atoms with E-state index in [1.54, 1.807) is 40.2 Å². The van der Waals surface area contributed by atoms with Crippen molar-refractivity contribution >= 4 is 12.2 Å². The minimum absolute atomic E-state index is 0.0295. The van der Waals surface area contributed by atoms with Gasteiger partial charge in [0, 0.05) is 31.9 Å². The van der Waals surface area contributed by atoms with Crippen LogP contribution in [0.3, 0.4) is 0 Å². The number of benzene rings is 1. The molecule has 4 nitrogen and oxygen atoms in total. The van der Waals surface area contributed by atoms with Crippen LogP contribution in [0.25, 0.3) is 0 Å². The number of carbonyl (C=O) groups excluding carboxylic acids is 2. The number of likely N-dealkylation sites (tertiary alicyclic amines) is 1. The van der Waals surface area contributed by atoms with Crippen LogP contribution >= 0.6 is 0 Å². The summed E-state index contributed by atoms with van der Waals surface area (Å²) in [6, 6.07) is 7.50. The van der Waals surface area contributed by atoms with Crippen molar-refractivity contribution in [2.24, 2.45) is 11.3 Å². The number of nitrogens with zero attached hydrogens (tertiary/aromatic N) is 1. The second-order valence-corrected chi connectivity index (χ2v) is 9.98. The van der Waals surface area contributed by atoms with Crippen molar-refractivity contribution in [1.82, 2.24) is 4.90 Å². The molecule has 176 valence electrons. The predicted octanol–water partition coefficient (Wildman–Crippen LogP) is 5.86. The van der Waals surface area contributed by atoms with Crippen LogP contribution in [0.1, 0.15) is 75.7 Å². The van der Waals surface area contributed by atoms with E-state index in [1.165, 1.54) is 0 Å². The highest BCUT2D eigenvalue weighted by Gasteiger charge is 2.50. The molecule has 1 heterocycles. The minimum atomic E-state index is -4.83. The Morgan fingerprint density at radius 2 is 1.71 bits per heavy atom. The monoisotopic (exact) mass is 443 g/mol. The highest BCUT2D eigenvalue weighted by atomic mass is 19.4. The molecule has 1 aliphatic rings. The number of ether oxygens (including phenoxy) is 1. The molecular formula is C24H36F3NO3. The Bertz CT molecular complexity index is 721. The van der Waals surface area contributed by atoms with Gasteiger partial charge < -0.3 is 9.64 Å². The fourth-order valence-electron chi connectivity index (χ4n) is 4.40. The Balaban J connectivity index is 0.00000151. The summed E-state index contributed by atoms with van der Waals surface area (Å²) in [6.45, 7) is 9.98. The number of alkyl halides is 3. The molecule has 0 aromatic heterocycles. The number of halogens is 3. The predicted molar refractivity (Wildman–Crippen MR) is 116 cm³/mol. The molecule has 1 amide bonds. The molecule has 0 N–H and O–H groups in total. The highest BCUT2D eigenvalue weighted by molar-refractivity contribution is 5.82. The van der Waals surface area contributed by atoms with Crippen LogP contribution in [-0.4, -0.2) is 49.6 Å². The lowest BCUT2D eigenvalue weighted by Crippen LogP contribution is -2.48. The maximum absolute atomic E-state index is 12.9. The lowest BCUT2D eigenvalue weighted by atomic mass is 9.73. The summed E-state index contributed by atoms with van der Waals surface area (Å²) in [4.78, 5) is 23.7. The molecule has 7 heteroatoms. The highest BCUT2D eigenvalue weighted by Crippen LogP contribution is 2.43. The van der Waals surface area contributed by atoms with Gasteiger partial charge in [-0.25, -0.2) is 0 Å². The van der Waals surface area contributed by atoms with E-state index in [4.69, 9.17) is 0 Å². The molecule has 31 heavy (non-hydrogen) atoms. The van der Waals surface area contributed by atoms with E-state index < -0.39 is 17.6 Å². The fourth-order valence-corrected chi connectivity index (χ4v) is 4.40. The molecule has 0 bridgehead atoms. The standard InChI is InChI=1S/C22H30F3NO2.C2H6O/c1-20(2,3)18(17-9-6-15(14-27)7-10-17)11-8-16-12-21(4,5)26(13-16)19(28)22(23,24)25;1-3-2/h6-7,9-10,14,16,18H,8,11-13H2,1-5H3;1-2H3/t16-,18?;/m0./s1. The number of amides is 1. The summed E-state index contributed by atoms with van der Waals surface area (Å²) in [6.07, 6.45) is -1.89. The van der Waals surface area contributed by atoms with Crippen LogP contribution in [0.4, 0.5) is 13.2 Å². The molecule has 1 saturated heterocycles. The van der Waals surface area contributed by atoms with Gasteiger partial charge in [0.25, 0.3) is 0 Å². The van der Waals surface area contributed by atoms with E-state index in [-0.39, 0.29) is 23.8 Å². The first kappa shape index (κ1) is 27.1. The topological polar surface area (TPSA) is 46.6 Å². The molecule has 2 atom stereocenters. The van der Waals surface area contributed by atoms with Crippen molar-refractivity contribution in [3.63, 3.8) is 0 Å². The van der Waals surface area contributed by atoms with E-state index in [0.717, 1.165) is 29.6 Å². The van der Waals surface area contributed by atoms with E-state index in [2.05, 4.69) is 25.5 Å². The third-order valence-corrected chi connectivity index (χ3v) is 5.83. The Morgan fingerprint density at radius 3 is 2.13 bits per heavy atom. The number of aldehydes is 1. The summed E-state index contributed by atoms with van der Waals surface area (Å²) < 4.78 is 43.0.